The molecule has 0 radical (unpaired) electrons. The molecule has 3 atom stereocenters. The van der Waals surface area contributed by atoms with Gasteiger partial charge in [-0.1, -0.05) is 6.42 Å². The molecule has 2 N–H and O–H groups in total. The van der Waals surface area contributed by atoms with Crippen molar-refractivity contribution in [2.45, 2.75) is 56.5 Å². The standard InChI is InChI=1S/C16H29N3/c17-11-16(12-18-9-6-14(16)7-10-18)19-8-2-4-13-3-1-5-15(13)19/h13-15H,1-12,17H2. The van der Waals surface area contributed by atoms with Gasteiger partial charge in [0.05, 0.1) is 0 Å². The molecule has 3 unspecified atom stereocenters. The summed E-state index contributed by atoms with van der Waals surface area (Å²) in [7, 11) is 0. The summed E-state index contributed by atoms with van der Waals surface area (Å²) < 4.78 is 0. The van der Waals surface area contributed by atoms with Crippen molar-refractivity contribution in [2.24, 2.45) is 17.6 Å². The number of hydrogen-bond acceptors (Lipinski definition) is 3. The van der Waals surface area contributed by atoms with E-state index in [0.29, 0.717) is 5.54 Å². The normalized spacial score (nSPS) is 50.4. The first-order chi connectivity index (χ1) is 9.33. The highest BCUT2D eigenvalue weighted by molar-refractivity contribution is 5.09. The van der Waals surface area contributed by atoms with Crippen molar-refractivity contribution in [2.75, 3.05) is 32.7 Å². The highest BCUT2D eigenvalue weighted by atomic mass is 15.3. The molecule has 0 aromatic heterocycles. The Hall–Kier alpha value is -0.120. The van der Waals surface area contributed by atoms with Gasteiger partial charge in [0, 0.05) is 24.7 Å². The Bertz CT molecular complexity index is 337. The minimum absolute atomic E-state index is 0.337. The molecule has 5 fully saturated rings. The van der Waals surface area contributed by atoms with Gasteiger partial charge in [-0.25, -0.2) is 0 Å². The Morgan fingerprint density at radius 1 is 0.947 bits per heavy atom. The summed E-state index contributed by atoms with van der Waals surface area (Å²) in [5.41, 5.74) is 6.71. The smallest absolute Gasteiger partial charge is 0.0490 e. The van der Waals surface area contributed by atoms with E-state index in [-0.39, 0.29) is 0 Å². The summed E-state index contributed by atoms with van der Waals surface area (Å²) in [6.45, 7) is 6.13. The molecule has 1 aliphatic carbocycles. The lowest BCUT2D eigenvalue weighted by Crippen LogP contribution is -2.72. The van der Waals surface area contributed by atoms with E-state index in [2.05, 4.69) is 9.80 Å². The van der Waals surface area contributed by atoms with Gasteiger partial charge in [0.15, 0.2) is 0 Å². The zero-order chi connectivity index (χ0) is 12.9. The first-order valence-corrected chi connectivity index (χ1v) is 8.53. The van der Waals surface area contributed by atoms with Crippen LogP contribution in [0.2, 0.25) is 0 Å². The van der Waals surface area contributed by atoms with Crippen LogP contribution in [0, 0.1) is 11.8 Å². The summed E-state index contributed by atoms with van der Waals surface area (Å²) in [5.74, 6) is 1.87. The Morgan fingerprint density at radius 3 is 2.42 bits per heavy atom. The molecule has 4 aliphatic heterocycles. The average Bonchev–Trinajstić information content (AvgIpc) is 2.96. The van der Waals surface area contributed by atoms with Crippen molar-refractivity contribution in [3.8, 4) is 0 Å². The molecule has 19 heavy (non-hydrogen) atoms. The molecule has 5 rings (SSSR count). The van der Waals surface area contributed by atoms with Crippen LogP contribution >= 0.6 is 0 Å². The molecular formula is C16H29N3. The van der Waals surface area contributed by atoms with Crippen molar-refractivity contribution in [3.05, 3.63) is 0 Å². The second kappa shape index (κ2) is 4.71. The van der Waals surface area contributed by atoms with Gasteiger partial charge in [0.2, 0.25) is 0 Å². The molecule has 4 saturated heterocycles. The fraction of sp³-hybridized carbons (Fsp3) is 1.00. The van der Waals surface area contributed by atoms with E-state index in [9.17, 15) is 0 Å². The summed E-state index contributed by atoms with van der Waals surface area (Å²) in [5, 5.41) is 0. The molecule has 3 nitrogen and oxygen atoms in total. The molecule has 108 valence electrons. The predicted molar refractivity (Wildman–Crippen MR) is 78.0 cm³/mol. The van der Waals surface area contributed by atoms with Gasteiger partial charge in [-0.2, -0.15) is 0 Å². The highest BCUT2D eigenvalue weighted by Crippen LogP contribution is 2.46. The first-order valence-electron chi connectivity index (χ1n) is 8.53. The first kappa shape index (κ1) is 12.6. The van der Waals surface area contributed by atoms with E-state index in [0.717, 1.165) is 24.4 Å². The van der Waals surface area contributed by atoms with Crippen LogP contribution in [0.25, 0.3) is 0 Å². The molecule has 4 heterocycles. The highest BCUT2D eigenvalue weighted by Gasteiger charge is 2.53. The van der Waals surface area contributed by atoms with E-state index in [1.807, 2.05) is 0 Å². The summed E-state index contributed by atoms with van der Waals surface area (Å²) in [6, 6.07) is 0.873. The van der Waals surface area contributed by atoms with Crippen molar-refractivity contribution in [3.63, 3.8) is 0 Å². The van der Waals surface area contributed by atoms with Gasteiger partial charge in [-0.05, 0) is 70.0 Å². The topological polar surface area (TPSA) is 32.5 Å². The summed E-state index contributed by atoms with van der Waals surface area (Å²) >= 11 is 0. The number of hydrogen-bond donors (Lipinski definition) is 1. The third kappa shape index (κ3) is 1.81. The zero-order valence-electron chi connectivity index (χ0n) is 12.2. The quantitative estimate of drug-likeness (QED) is 0.822. The molecule has 0 aromatic carbocycles. The van der Waals surface area contributed by atoms with E-state index < -0.39 is 0 Å². The molecule has 3 heteroatoms. The SMILES string of the molecule is NCC1(N2CCCC3CCCC32)CN2CCC1CC2. The number of nitrogens with zero attached hydrogens (tertiary/aromatic N) is 2. The van der Waals surface area contributed by atoms with E-state index >= 15 is 0 Å². The molecule has 1 saturated carbocycles. The maximum Gasteiger partial charge on any atom is 0.0490 e. The van der Waals surface area contributed by atoms with Crippen LogP contribution in [0.3, 0.4) is 0 Å². The Labute approximate surface area is 117 Å². The lowest BCUT2D eigenvalue weighted by atomic mass is 9.69. The van der Waals surface area contributed by atoms with Gasteiger partial charge in [-0.3, -0.25) is 4.90 Å². The second-order valence-corrected chi connectivity index (χ2v) is 7.45. The maximum absolute atomic E-state index is 6.37. The average molecular weight is 263 g/mol. The fourth-order valence-electron chi connectivity index (χ4n) is 5.83. The van der Waals surface area contributed by atoms with Crippen LogP contribution in [0.1, 0.15) is 44.9 Å². The maximum atomic E-state index is 6.37. The largest absolute Gasteiger partial charge is 0.329 e. The third-order valence-corrected chi connectivity index (χ3v) is 6.76. The van der Waals surface area contributed by atoms with Crippen LogP contribution in [-0.4, -0.2) is 54.1 Å². The minimum Gasteiger partial charge on any atom is -0.329 e. The molecule has 0 amide bonds. The van der Waals surface area contributed by atoms with Crippen molar-refractivity contribution in [1.82, 2.24) is 9.80 Å². The van der Waals surface area contributed by atoms with E-state index in [1.165, 1.54) is 71.1 Å². The lowest BCUT2D eigenvalue weighted by Gasteiger charge is -2.61. The number of nitrogens with two attached hydrogens (primary N) is 1. The Morgan fingerprint density at radius 2 is 1.74 bits per heavy atom. The van der Waals surface area contributed by atoms with Crippen molar-refractivity contribution in [1.29, 1.82) is 0 Å². The van der Waals surface area contributed by atoms with Crippen LogP contribution in [-0.2, 0) is 0 Å². The fourth-order valence-corrected chi connectivity index (χ4v) is 5.83. The van der Waals surface area contributed by atoms with Crippen molar-refractivity contribution >= 4 is 0 Å². The van der Waals surface area contributed by atoms with Crippen molar-refractivity contribution < 1.29 is 0 Å². The van der Waals surface area contributed by atoms with Gasteiger partial charge >= 0.3 is 0 Å². The third-order valence-electron chi connectivity index (χ3n) is 6.76. The van der Waals surface area contributed by atoms with Crippen LogP contribution in [0.4, 0.5) is 0 Å². The summed E-state index contributed by atoms with van der Waals surface area (Å²) in [4.78, 5) is 5.61. The number of piperidine rings is 4. The Balaban J connectivity index is 1.64. The molecular weight excluding hydrogens is 234 g/mol. The monoisotopic (exact) mass is 263 g/mol. The van der Waals surface area contributed by atoms with E-state index in [4.69, 9.17) is 5.73 Å². The second-order valence-electron chi connectivity index (χ2n) is 7.45. The van der Waals surface area contributed by atoms with Gasteiger partial charge in [0.1, 0.15) is 0 Å². The minimum atomic E-state index is 0.337. The van der Waals surface area contributed by atoms with Crippen LogP contribution < -0.4 is 5.73 Å². The molecule has 0 aromatic rings. The molecule has 0 spiro atoms. The summed E-state index contributed by atoms with van der Waals surface area (Å²) in [6.07, 6.45) is 10.1. The van der Waals surface area contributed by atoms with Gasteiger partial charge < -0.3 is 10.6 Å². The lowest BCUT2D eigenvalue weighted by molar-refractivity contribution is -0.102. The predicted octanol–water partition coefficient (Wildman–Crippen LogP) is 1.67. The van der Waals surface area contributed by atoms with Gasteiger partial charge in [-0.15, -0.1) is 0 Å². The number of fused-ring (bicyclic) bond motifs is 4. The van der Waals surface area contributed by atoms with Crippen LogP contribution in [0.15, 0.2) is 0 Å². The zero-order valence-corrected chi connectivity index (χ0v) is 12.2. The van der Waals surface area contributed by atoms with Crippen LogP contribution in [0.5, 0.6) is 0 Å². The number of likely N-dealkylation sites (tertiary alicyclic amines) is 1. The molecule has 2 bridgehead atoms. The molecule has 5 aliphatic rings. The van der Waals surface area contributed by atoms with Gasteiger partial charge in [0.25, 0.3) is 0 Å². The van der Waals surface area contributed by atoms with E-state index in [1.54, 1.807) is 0 Å². The Kier molecular flexibility index (Phi) is 3.13. The number of rotatable bonds is 2.